The molecule has 0 fully saturated rings. The summed E-state index contributed by atoms with van der Waals surface area (Å²) in [4.78, 5) is 0. The van der Waals surface area contributed by atoms with Crippen molar-refractivity contribution in [1.29, 1.82) is 0 Å². The number of aryl methyl sites for hydroxylation is 1. The topological polar surface area (TPSA) is 0 Å². The first-order chi connectivity index (χ1) is 14.3. The van der Waals surface area contributed by atoms with Crippen molar-refractivity contribution in [1.82, 2.24) is 0 Å². The third-order valence-electron chi connectivity index (χ3n) is 6.05. The summed E-state index contributed by atoms with van der Waals surface area (Å²) in [5, 5.41) is 8.01. The summed E-state index contributed by atoms with van der Waals surface area (Å²) in [6.45, 7) is 2.15. The highest BCUT2D eigenvalue weighted by Crippen LogP contribution is 2.39. The normalized spacial score (nSPS) is 11.6. The maximum absolute atomic E-state index is 2.32. The molecule has 0 unspecified atom stereocenters. The van der Waals surface area contributed by atoms with E-state index in [-0.39, 0.29) is 0 Å². The number of rotatable bonds is 2. The van der Waals surface area contributed by atoms with E-state index in [0.29, 0.717) is 0 Å². The van der Waals surface area contributed by atoms with Crippen LogP contribution in [0.4, 0.5) is 0 Å². The fourth-order valence-corrected chi connectivity index (χ4v) is 4.68. The van der Waals surface area contributed by atoms with Crippen molar-refractivity contribution in [3.05, 3.63) is 109 Å². The van der Waals surface area contributed by atoms with Crippen LogP contribution in [0.25, 0.3) is 54.6 Å². The number of benzene rings is 6. The van der Waals surface area contributed by atoms with Crippen LogP contribution in [0.5, 0.6) is 0 Å². The van der Waals surface area contributed by atoms with Crippen LogP contribution < -0.4 is 0 Å². The second kappa shape index (κ2) is 6.18. The van der Waals surface area contributed by atoms with Gasteiger partial charge in [0.25, 0.3) is 0 Å². The molecule has 0 radical (unpaired) electrons. The molecule has 0 aliphatic heterocycles. The van der Waals surface area contributed by atoms with E-state index in [2.05, 4.69) is 110 Å². The van der Waals surface area contributed by atoms with Crippen molar-refractivity contribution < 1.29 is 0 Å². The van der Waals surface area contributed by atoms with Crippen LogP contribution in [-0.2, 0) is 0 Å². The maximum Gasteiger partial charge on any atom is -0.00206 e. The van der Waals surface area contributed by atoms with Crippen molar-refractivity contribution in [3.8, 4) is 22.3 Å². The van der Waals surface area contributed by atoms with Gasteiger partial charge in [-0.3, -0.25) is 0 Å². The average molecular weight is 368 g/mol. The molecule has 0 spiro atoms. The molecular weight excluding hydrogens is 348 g/mol. The molecule has 6 aromatic carbocycles. The Morgan fingerprint density at radius 1 is 0.448 bits per heavy atom. The van der Waals surface area contributed by atoms with Crippen LogP contribution in [0.3, 0.4) is 0 Å². The molecule has 0 bridgehead atoms. The van der Waals surface area contributed by atoms with E-state index >= 15 is 0 Å². The van der Waals surface area contributed by atoms with Crippen LogP contribution in [0.2, 0.25) is 0 Å². The minimum Gasteiger partial charge on any atom is -0.0614 e. The molecule has 0 saturated heterocycles. The van der Waals surface area contributed by atoms with Gasteiger partial charge < -0.3 is 0 Å². The Bertz CT molecular complexity index is 1490. The first-order valence-corrected chi connectivity index (χ1v) is 10.1. The summed E-state index contributed by atoms with van der Waals surface area (Å²) in [6, 6.07) is 37.8. The Labute approximate surface area is 170 Å². The third kappa shape index (κ3) is 2.53. The standard InChI is InChI=1S/C29H20/c1-19-5-2-8-23(17-19)24-9-4-10-25(18-24)26-15-13-22-12-11-20-6-3-7-21-14-16-27(26)29(22)28(20)21/h2-18H,1H3. The summed E-state index contributed by atoms with van der Waals surface area (Å²) >= 11 is 0. The van der Waals surface area contributed by atoms with E-state index < -0.39 is 0 Å². The van der Waals surface area contributed by atoms with Gasteiger partial charge in [-0.05, 0) is 67.6 Å². The van der Waals surface area contributed by atoms with Gasteiger partial charge in [-0.1, -0.05) is 103 Å². The summed E-state index contributed by atoms with van der Waals surface area (Å²) in [5.41, 5.74) is 6.38. The van der Waals surface area contributed by atoms with Gasteiger partial charge in [0.1, 0.15) is 0 Å². The highest BCUT2D eigenvalue weighted by Gasteiger charge is 2.12. The Hall–Kier alpha value is -3.64. The van der Waals surface area contributed by atoms with Crippen molar-refractivity contribution in [2.75, 3.05) is 0 Å². The van der Waals surface area contributed by atoms with E-state index in [1.807, 2.05) is 0 Å². The lowest BCUT2D eigenvalue weighted by atomic mass is 9.89. The molecule has 0 aliphatic rings. The van der Waals surface area contributed by atoms with Crippen LogP contribution in [0.1, 0.15) is 5.56 Å². The predicted octanol–water partition coefficient (Wildman–Crippen LogP) is 8.23. The van der Waals surface area contributed by atoms with Gasteiger partial charge in [-0.25, -0.2) is 0 Å². The maximum atomic E-state index is 2.32. The van der Waals surface area contributed by atoms with Crippen LogP contribution >= 0.6 is 0 Å². The summed E-state index contributed by atoms with van der Waals surface area (Å²) in [6.07, 6.45) is 0. The van der Waals surface area contributed by atoms with Gasteiger partial charge in [-0.15, -0.1) is 0 Å². The van der Waals surface area contributed by atoms with Crippen LogP contribution in [-0.4, -0.2) is 0 Å². The molecule has 0 nitrogen and oxygen atoms in total. The Morgan fingerprint density at radius 3 is 1.83 bits per heavy atom. The Morgan fingerprint density at radius 2 is 1.03 bits per heavy atom. The van der Waals surface area contributed by atoms with E-state index in [0.717, 1.165) is 0 Å². The predicted molar refractivity (Wildman–Crippen MR) is 126 cm³/mol. The van der Waals surface area contributed by atoms with Gasteiger partial charge in [0.05, 0.1) is 0 Å². The van der Waals surface area contributed by atoms with Crippen molar-refractivity contribution in [3.63, 3.8) is 0 Å². The molecule has 0 amide bonds. The van der Waals surface area contributed by atoms with Gasteiger partial charge in [0, 0.05) is 0 Å². The SMILES string of the molecule is Cc1cccc(-c2cccc(-c3ccc4ccc5cccc6ccc3c4c56)c2)c1. The largest absolute Gasteiger partial charge is 0.0614 e. The fourth-order valence-electron chi connectivity index (χ4n) is 4.68. The van der Waals surface area contributed by atoms with Crippen molar-refractivity contribution in [2.45, 2.75) is 6.92 Å². The third-order valence-corrected chi connectivity index (χ3v) is 6.05. The molecule has 6 rings (SSSR count). The number of hydrogen-bond acceptors (Lipinski definition) is 0. The number of hydrogen-bond donors (Lipinski definition) is 0. The molecule has 0 heterocycles. The molecule has 6 aromatic rings. The molecule has 0 N–H and O–H groups in total. The fraction of sp³-hybridized carbons (Fsp3) is 0.0345. The average Bonchev–Trinajstić information content (AvgIpc) is 2.77. The Balaban J connectivity index is 1.63. The monoisotopic (exact) mass is 368 g/mol. The van der Waals surface area contributed by atoms with E-state index in [9.17, 15) is 0 Å². The van der Waals surface area contributed by atoms with Crippen LogP contribution in [0, 0.1) is 6.92 Å². The zero-order valence-corrected chi connectivity index (χ0v) is 16.3. The van der Waals surface area contributed by atoms with Gasteiger partial charge in [-0.2, -0.15) is 0 Å². The van der Waals surface area contributed by atoms with E-state index in [1.54, 1.807) is 0 Å². The molecule has 0 heteroatoms. The molecule has 0 atom stereocenters. The van der Waals surface area contributed by atoms with Crippen LogP contribution in [0.15, 0.2) is 103 Å². The summed E-state index contributed by atoms with van der Waals surface area (Å²) in [7, 11) is 0. The zero-order valence-electron chi connectivity index (χ0n) is 16.3. The van der Waals surface area contributed by atoms with E-state index in [1.165, 1.54) is 60.1 Å². The first kappa shape index (κ1) is 16.3. The quantitative estimate of drug-likeness (QED) is 0.270. The van der Waals surface area contributed by atoms with Crippen molar-refractivity contribution in [2.24, 2.45) is 0 Å². The first-order valence-electron chi connectivity index (χ1n) is 10.1. The summed E-state index contributed by atoms with van der Waals surface area (Å²) < 4.78 is 0. The molecule has 29 heavy (non-hydrogen) atoms. The Kier molecular flexibility index (Phi) is 3.48. The van der Waals surface area contributed by atoms with Gasteiger partial charge in [0.15, 0.2) is 0 Å². The molecule has 136 valence electrons. The van der Waals surface area contributed by atoms with E-state index in [4.69, 9.17) is 0 Å². The molecule has 0 aromatic heterocycles. The second-order valence-corrected chi connectivity index (χ2v) is 7.92. The second-order valence-electron chi connectivity index (χ2n) is 7.92. The van der Waals surface area contributed by atoms with Crippen molar-refractivity contribution >= 4 is 32.3 Å². The van der Waals surface area contributed by atoms with Gasteiger partial charge in [0.2, 0.25) is 0 Å². The minimum atomic E-state index is 1.26. The van der Waals surface area contributed by atoms with Gasteiger partial charge >= 0.3 is 0 Å². The minimum absolute atomic E-state index is 1.26. The lowest BCUT2D eigenvalue weighted by molar-refractivity contribution is 1.47. The smallest absolute Gasteiger partial charge is 0.00206 e. The molecule has 0 aliphatic carbocycles. The zero-order chi connectivity index (χ0) is 19.4. The highest BCUT2D eigenvalue weighted by atomic mass is 14.2. The molecular formula is C29H20. The lowest BCUT2D eigenvalue weighted by Crippen LogP contribution is -1.88. The highest BCUT2D eigenvalue weighted by molar-refractivity contribution is 6.25. The summed E-state index contributed by atoms with van der Waals surface area (Å²) in [5.74, 6) is 0. The molecule has 0 saturated carbocycles. The lowest BCUT2D eigenvalue weighted by Gasteiger charge is -2.14.